The van der Waals surface area contributed by atoms with E-state index in [1.54, 1.807) is 0 Å². The van der Waals surface area contributed by atoms with Crippen LogP contribution < -0.4 is 0 Å². The molecule has 2 aliphatic heterocycles. The monoisotopic (exact) mass is 303 g/mol. The quantitative estimate of drug-likeness (QED) is 0.785. The van der Waals surface area contributed by atoms with Gasteiger partial charge in [0.2, 0.25) is 0 Å². The highest BCUT2D eigenvalue weighted by Crippen LogP contribution is 2.49. The van der Waals surface area contributed by atoms with Crippen molar-refractivity contribution in [1.29, 1.82) is 0 Å². The minimum Gasteiger partial charge on any atom is -0.444 e. The second-order valence-electron chi connectivity index (χ2n) is 7.29. The highest BCUT2D eigenvalue weighted by Gasteiger charge is 2.53. The molecule has 0 unspecified atom stereocenters. The molecule has 0 aromatic heterocycles. The van der Waals surface area contributed by atoms with Gasteiger partial charge < -0.3 is 14.4 Å². The molecule has 2 aliphatic rings. The minimum atomic E-state index is -0.432. The van der Waals surface area contributed by atoms with E-state index in [1.807, 2.05) is 31.7 Å². The first-order valence-electron chi connectivity index (χ1n) is 8.08. The second kappa shape index (κ2) is 5.58. The van der Waals surface area contributed by atoms with Crippen molar-refractivity contribution in [3.8, 4) is 0 Å². The molecule has 3 rings (SSSR count). The van der Waals surface area contributed by atoms with Gasteiger partial charge in [0, 0.05) is 13.1 Å². The first-order chi connectivity index (χ1) is 10.4. The molecule has 1 atom stereocenters. The molecule has 2 saturated heterocycles. The van der Waals surface area contributed by atoms with Crippen LogP contribution >= 0.6 is 0 Å². The summed E-state index contributed by atoms with van der Waals surface area (Å²) in [5, 5.41) is 0. The number of hydrogen-bond donors (Lipinski definition) is 0. The molecule has 0 N–H and O–H groups in total. The van der Waals surface area contributed by atoms with Crippen molar-refractivity contribution in [2.75, 3.05) is 19.7 Å². The number of amides is 1. The van der Waals surface area contributed by atoms with Crippen LogP contribution in [0, 0.1) is 5.92 Å². The van der Waals surface area contributed by atoms with E-state index >= 15 is 0 Å². The van der Waals surface area contributed by atoms with Crippen molar-refractivity contribution in [1.82, 2.24) is 4.90 Å². The normalized spacial score (nSPS) is 25.9. The van der Waals surface area contributed by atoms with Crippen molar-refractivity contribution in [2.24, 2.45) is 5.92 Å². The Hall–Kier alpha value is -1.55. The van der Waals surface area contributed by atoms with E-state index in [4.69, 9.17) is 9.47 Å². The molecule has 0 spiro atoms. The van der Waals surface area contributed by atoms with E-state index in [1.165, 1.54) is 5.56 Å². The largest absolute Gasteiger partial charge is 0.444 e. The zero-order chi connectivity index (χ0) is 15.8. The van der Waals surface area contributed by atoms with Crippen molar-refractivity contribution in [2.45, 2.75) is 44.8 Å². The summed E-state index contributed by atoms with van der Waals surface area (Å²) in [4.78, 5) is 14.0. The number of likely N-dealkylation sites (tertiary alicyclic amines) is 1. The molecule has 0 bridgehead atoms. The van der Waals surface area contributed by atoms with Gasteiger partial charge in [-0.25, -0.2) is 4.79 Å². The van der Waals surface area contributed by atoms with Gasteiger partial charge in [0.25, 0.3) is 0 Å². The van der Waals surface area contributed by atoms with Crippen LogP contribution in [-0.2, 0) is 15.1 Å². The predicted molar refractivity (Wildman–Crippen MR) is 84.6 cm³/mol. The molecule has 0 radical (unpaired) electrons. The lowest BCUT2D eigenvalue weighted by molar-refractivity contribution is 0.0140. The minimum absolute atomic E-state index is 0.110. The van der Waals surface area contributed by atoms with Gasteiger partial charge in [-0.15, -0.1) is 0 Å². The van der Waals surface area contributed by atoms with Gasteiger partial charge in [-0.1, -0.05) is 30.3 Å². The number of epoxide rings is 1. The fourth-order valence-electron chi connectivity index (χ4n) is 3.29. The van der Waals surface area contributed by atoms with E-state index in [2.05, 4.69) is 24.3 Å². The molecule has 1 aromatic rings. The molecule has 0 aliphatic carbocycles. The third kappa shape index (κ3) is 3.12. The Bertz CT molecular complexity index is 523. The fraction of sp³-hybridized carbons (Fsp3) is 0.611. The van der Waals surface area contributed by atoms with Crippen molar-refractivity contribution >= 4 is 6.09 Å². The second-order valence-corrected chi connectivity index (χ2v) is 7.29. The number of ether oxygens (including phenoxy) is 2. The number of nitrogens with zero attached hydrogens (tertiary/aromatic N) is 1. The van der Waals surface area contributed by atoms with Crippen molar-refractivity contribution < 1.29 is 14.3 Å². The van der Waals surface area contributed by atoms with Crippen LogP contribution in [0.4, 0.5) is 4.79 Å². The summed E-state index contributed by atoms with van der Waals surface area (Å²) < 4.78 is 11.3. The number of carbonyl (C=O) groups excluding carboxylic acids is 1. The number of benzene rings is 1. The molecule has 1 aromatic carbocycles. The van der Waals surface area contributed by atoms with Gasteiger partial charge in [-0.2, -0.15) is 0 Å². The van der Waals surface area contributed by atoms with Crippen LogP contribution in [0.15, 0.2) is 30.3 Å². The number of rotatable bonds is 2. The van der Waals surface area contributed by atoms with Gasteiger partial charge in [0.15, 0.2) is 0 Å². The first-order valence-corrected chi connectivity index (χ1v) is 8.08. The van der Waals surface area contributed by atoms with Gasteiger partial charge in [-0.3, -0.25) is 0 Å². The maximum atomic E-state index is 12.1. The predicted octanol–water partition coefficient (Wildman–Crippen LogP) is 3.56. The Balaban J connectivity index is 1.60. The van der Waals surface area contributed by atoms with E-state index in [9.17, 15) is 4.79 Å². The highest BCUT2D eigenvalue weighted by molar-refractivity contribution is 5.68. The average Bonchev–Trinajstić information content (AvgIpc) is 3.28. The highest BCUT2D eigenvalue weighted by atomic mass is 16.6. The zero-order valence-electron chi connectivity index (χ0n) is 13.7. The molecule has 120 valence electrons. The van der Waals surface area contributed by atoms with Crippen molar-refractivity contribution in [3.05, 3.63) is 35.9 Å². The molecule has 22 heavy (non-hydrogen) atoms. The molecule has 1 amide bonds. The van der Waals surface area contributed by atoms with Gasteiger partial charge in [0.05, 0.1) is 6.61 Å². The molecular weight excluding hydrogens is 278 g/mol. The Morgan fingerprint density at radius 2 is 1.82 bits per heavy atom. The fourth-order valence-corrected chi connectivity index (χ4v) is 3.29. The average molecular weight is 303 g/mol. The van der Waals surface area contributed by atoms with Crippen LogP contribution in [0.3, 0.4) is 0 Å². The summed E-state index contributed by atoms with van der Waals surface area (Å²) in [7, 11) is 0. The molecular formula is C18H25NO3. The first kappa shape index (κ1) is 15.3. The van der Waals surface area contributed by atoms with Crippen LogP contribution in [0.1, 0.15) is 39.2 Å². The molecule has 4 nitrogen and oxygen atoms in total. The lowest BCUT2D eigenvalue weighted by Crippen LogP contribution is -2.43. The smallest absolute Gasteiger partial charge is 0.410 e. The van der Waals surface area contributed by atoms with Crippen LogP contribution in [-0.4, -0.2) is 36.3 Å². The summed E-state index contributed by atoms with van der Waals surface area (Å²) in [5.74, 6) is 0.480. The third-order valence-electron chi connectivity index (χ3n) is 4.52. The van der Waals surface area contributed by atoms with E-state index in [0.29, 0.717) is 5.92 Å². The topological polar surface area (TPSA) is 42.1 Å². The van der Waals surface area contributed by atoms with Gasteiger partial charge in [-0.05, 0) is 45.1 Å². The number of hydrogen-bond acceptors (Lipinski definition) is 3. The maximum absolute atomic E-state index is 12.1. The summed E-state index contributed by atoms with van der Waals surface area (Å²) in [6, 6.07) is 10.5. The van der Waals surface area contributed by atoms with Crippen LogP contribution in [0.2, 0.25) is 0 Å². The lowest BCUT2D eigenvalue weighted by Gasteiger charge is -2.35. The molecule has 2 heterocycles. The van der Waals surface area contributed by atoms with E-state index in [-0.39, 0.29) is 11.7 Å². The maximum Gasteiger partial charge on any atom is 0.410 e. The van der Waals surface area contributed by atoms with Crippen molar-refractivity contribution in [3.63, 3.8) is 0 Å². The summed E-state index contributed by atoms with van der Waals surface area (Å²) >= 11 is 0. The lowest BCUT2D eigenvalue weighted by atomic mass is 9.80. The summed E-state index contributed by atoms with van der Waals surface area (Å²) in [6.07, 6.45) is 1.74. The summed E-state index contributed by atoms with van der Waals surface area (Å²) in [5.41, 5.74) is 0.728. The Morgan fingerprint density at radius 3 is 2.32 bits per heavy atom. The molecule has 0 saturated carbocycles. The number of carbonyl (C=O) groups is 1. The van der Waals surface area contributed by atoms with E-state index in [0.717, 1.165) is 32.5 Å². The molecule has 2 fully saturated rings. The Morgan fingerprint density at radius 1 is 1.23 bits per heavy atom. The standard InChI is InChI=1S/C18H25NO3/c1-17(2,3)22-16(20)19-11-9-15(10-12-19)18(13-21-18)14-7-5-4-6-8-14/h4-8,15H,9-13H2,1-3H3/t18-/m0/s1. The zero-order valence-corrected chi connectivity index (χ0v) is 13.7. The SMILES string of the molecule is CC(C)(C)OC(=O)N1CCC([C@@]2(c3ccccc3)CO2)CC1. The Labute approximate surface area is 132 Å². The third-order valence-corrected chi connectivity index (χ3v) is 4.52. The summed E-state index contributed by atoms with van der Waals surface area (Å²) in [6.45, 7) is 8.00. The van der Waals surface area contributed by atoms with E-state index < -0.39 is 5.60 Å². The van der Waals surface area contributed by atoms with Gasteiger partial charge >= 0.3 is 6.09 Å². The van der Waals surface area contributed by atoms with Gasteiger partial charge in [0.1, 0.15) is 11.2 Å². The Kier molecular flexibility index (Phi) is 3.89. The number of piperidine rings is 1. The molecule has 4 heteroatoms. The van der Waals surface area contributed by atoms with Crippen LogP contribution in [0.25, 0.3) is 0 Å². The van der Waals surface area contributed by atoms with Crippen LogP contribution in [0.5, 0.6) is 0 Å².